The number of hydrogen-bond donors (Lipinski definition) is 2. The predicted octanol–water partition coefficient (Wildman–Crippen LogP) is 5.77. The average Bonchev–Trinajstić information content (AvgIpc) is 3.30. The molecule has 1 unspecified atom stereocenters. The van der Waals surface area contributed by atoms with Crippen molar-refractivity contribution in [3.8, 4) is 0 Å². The zero-order valence-electron chi connectivity index (χ0n) is 24.6. The standard InChI is InChI=1S/C30H55N5O3/c1-4-5-6-7-8-9-11-14-17-20-23-31-26(36)22-19-16-13-10-12-15-18-21-24-35-29(37)27-28(32-25-33(27)2)34(3)30(35)38/h25-26,31,36H,4-24H2,1-3H3. The van der Waals surface area contributed by atoms with Gasteiger partial charge in [0.05, 0.1) is 6.33 Å². The van der Waals surface area contributed by atoms with E-state index in [4.69, 9.17) is 0 Å². The zero-order valence-corrected chi connectivity index (χ0v) is 24.6. The molecule has 2 aromatic heterocycles. The number of hydrogen-bond acceptors (Lipinski definition) is 5. The van der Waals surface area contributed by atoms with Gasteiger partial charge in [-0.3, -0.25) is 19.2 Å². The summed E-state index contributed by atoms with van der Waals surface area (Å²) in [6.45, 7) is 3.64. The van der Waals surface area contributed by atoms with E-state index < -0.39 is 0 Å². The molecule has 38 heavy (non-hydrogen) atoms. The fourth-order valence-corrected chi connectivity index (χ4v) is 5.24. The summed E-state index contributed by atoms with van der Waals surface area (Å²) >= 11 is 0. The molecule has 218 valence electrons. The monoisotopic (exact) mass is 533 g/mol. The van der Waals surface area contributed by atoms with Gasteiger partial charge in [0, 0.05) is 20.6 Å². The van der Waals surface area contributed by atoms with Crippen molar-refractivity contribution in [2.75, 3.05) is 6.54 Å². The summed E-state index contributed by atoms with van der Waals surface area (Å²) < 4.78 is 4.49. The van der Waals surface area contributed by atoms with Gasteiger partial charge in [0.2, 0.25) is 0 Å². The second-order valence-electron chi connectivity index (χ2n) is 11.1. The van der Waals surface area contributed by atoms with Gasteiger partial charge in [-0.1, -0.05) is 103 Å². The third kappa shape index (κ3) is 11.4. The van der Waals surface area contributed by atoms with E-state index in [0.717, 1.165) is 51.5 Å². The second-order valence-corrected chi connectivity index (χ2v) is 11.1. The van der Waals surface area contributed by atoms with Gasteiger partial charge < -0.3 is 9.67 Å². The van der Waals surface area contributed by atoms with Crippen LogP contribution in [0.4, 0.5) is 0 Å². The minimum atomic E-state index is -0.366. The molecule has 8 heteroatoms. The van der Waals surface area contributed by atoms with Gasteiger partial charge in [-0.15, -0.1) is 0 Å². The van der Waals surface area contributed by atoms with Crippen LogP contribution in [0.25, 0.3) is 11.2 Å². The lowest BCUT2D eigenvalue weighted by atomic mass is 10.1. The molecule has 0 bridgehead atoms. The van der Waals surface area contributed by atoms with Crippen LogP contribution < -0.4 is 16.6 Å². The summed E-state index contributed by atoms with van der Waals surface area (Å²) in [6.07, 6.45) is 24.2. The van der Waals surface area contributed by atoms with Gasteiger partial charge >= 0.3 is 5.69 Å². The van der Waals surface area contributed by atoms with Crippen LogP contribution >= 0.6 is 0 Å². The number of nitrogens with one attached hydrogen (secondary N) is 1. The molecule has 0 aliphatic rings. The van der Waals surface area contributed by atoms with Crippen molar-refractivity contribution < 1.29 is 5.11 Å². The van der Waals surface area contributed by atoms with E-state index in [-0.39, 0.29) is 17.5 Å². The lowest BCUT2D eigenvalue weighted by Gasteiger charge is -2.12. The molecule has 2 N–H and O–H groups in total. The summed E-state index contributed by atoms with van der Waals surface area (Å²) in [5.41, 5.74) is 0.381. The first-order valence-electron chi connectivity index (χ1n) is 15.5. The van der Waals surface area contributed by atoms with Gasteiger partial charge in [0.1, 0.15) is 6.23 Å². The average molecular weight is 534 g/mol. The fourth-order valence-electron chi connectivity index (χ4n) is 5.24. The van der Waals surface area contributed by atoms with Crippen LogP contribution in [0.3, 0.4) is 0 Å². The Hall–Kier alpha value is -1.93. The molecule has 0 amide bonds. The molecule has 0 aromatic carbocycles. The first kappa shape index (κ1) is 32.3. The molecular formula is C30H55N5O3. The van der Waals surface area contributed by atoms with Gasteiger partial charge in [0.15, 0.2) is 11.2 Å². The molecule has 0 saturated heterocycles. The van der Waals surface area contributed by atoms with Crippen molar-refractivity contribution in [1.82, 2.24) is 24.0 Å². The van der Waals surface area contributed by atoms with Crippen LogP contribution in [0, 0.1) is 0 Å². The highest BCUT2D eigenvalue weighted by atomic mass is 16.3. The highest BCUT2D eigenvalue weighted by Crippen LogP contribution is 2.12. The van der Waals surface area contributed by atoms with Crippen molar-refractivity contribution in [1.29, 1.82) is 0 Å². The summed E-state index contributed by atoms with van der Waals surface area (Å²) in [7, 11) is 3.45. The van der Waals surface area contributed by atoms with Gasteiger partial charge in [-0.2, -0.15) is 0 Å². The number of aliphatic hydroxyl groups excluding tert-OH is 1. The lowest BCUT2D eigenvalue weighted by molar-refractivity contribution is 0.124. The van der Waals surface area contributed by atoms with Crippen molar-refractivity contribution in [3.63, 3.8) is 0 Å². The van der Waals surface area contributed by atoms with Crippen molar-refractivity contribution >= 4 is 11.2 Å². The van der Waals surface area contributed by atoms with E-state index in [1.54, 1.807) is 25.0 Å². The normalized spacial score (nSPS) is 12.5. The Kier molecular flexibility index (Phi) is 16.3. The molecule has 0 spiro atoms. The number of rotatable bonds is 23. The molecule has 8 nitrogen and oxygen atoms in total. The fraction of sp³-hybridized carbons (Fsp3) is 0.833. The first-order chi connectivity index (χ1) is 18.5. The largest absolute Gasteiger partial charge is 0.379 e. The molecule has 0 aliphatic heterocycles. The van der Waals surface area contributed by atoms with Crippen LogP contribution in [0.15, 0.2) is 15.9 Å². The summed E-state index contributed by atoms with van der Waals surface area (Å²) in [6, 6.07) is 0. The SMILES string of the molecule is CCCCCCCCCCCCNC(O)CCCCCCCCCCn1c(=O)c2c(ncn2C)n(C)c1=O. The Morgan fingerprint density at radius 2 is 1.32 bits per heavy atom. The van der Waals surface area contributed by atoms with Crippen molar-refractivity contribution in [2.24, 2.45) is 14.1 Å². The van der Waals surface area contributed by atoms with E-state index in [1.807, 2.05) is 0 Å². The maximum Gasteiger partial charge on any atom is 0.332 e. The van der Waals surface area contributed by atoms with Crippen molar-refractivity contribution in [2.45, 2.75) is 142 Å². The number of aromatic nitrogens is 4. The molecule has 0 aliphatic carbocycles. The van der Waals surface area contributed by atoms with Gasteiger partial charge in [-0.05, 0) is 32.2 Å². The molecule has 2 heterocycles. The minimum Gasteiger partial charge on any atom is -0.379 e. The van der Waals surface area contributed by atoms with E-state index >= 15 is 0 Å². The number of nitrogens with zero attached hydrogens (tertiary/aromatic N) is 4. The minimum absolute atomic E-state index is 0.247. The first-order valence-corrected chi connectivity index (χ1v) is 15.5. The van der Waals surface area contributed by atoms with E-state index in [1.165, 1.54) is 86.2 Å². The van der Waals surface area contributed by atoms with Crippen molar-refractivity contribution in [3.05, 3.63) is 27.2 Å². The van der Waals surface area contributed by atoms with E-state index in [0.29, 0.717) is 17.7 Å². The predicted molar refractivity (Wildman–Crippen MR) is 158 cm³/mol. The highest BCUT2D eigenvalue weighted by molar-refractivity contribution is 5.69. The number of unbranched alkanes of at least 4 members (excludes halogenated alkanes) is 16. The Bertz CT molecular complexity index is 1010. The van der Waals surface area contributed by atoms with Crippen LogP contribution in [-0.4, -0.2) is 36.6 Å². The summed E-state index contributed by atoms with van der Waals surface area (Å²) in [5.74, 6) is 0. The second kappa shape index (κ2) is 19.2. The number of fused-ring (bicyclic) bond motifs is 1. The quantitative estimate of drug-likeness (QED) is 0.140. The zero-order chi connectivity index (χ0) is 27.6. The smallest absolute Gasteiger partial charge is 0.332 e. The summed E-state index contributed by atoms with van der Waals surface area (Å²) in [5, 5.41) is 13.4. The third-order valence-corrected chi connectivity index (χ3v) is 7.72. The Morgan fingerprint density at radius 3 is 1.92 bits per heavy atom. The number of aliphatic hydroxyl groups is 1. The third-order valence-electron chi connectivity index (χ3n) is 7.72. The molecule has 2 rings (SSSR count). The van der Waals surface area contributed by atoms with Gasteiger partial charge in [0.25, 0.3) is 5.56 Å². The molecule has 2 aromatic rings. The molecule has 0 fully saturated rings. The highest BCUT2D eigenvalue weighted by Gasteiger charge is 2.14. The maximum atomic E-state index is 12.7. The van der Waals surface area contributed by atoms with Gasteiger partial charge in [-0.25, -0.2) is 9.78 Å². The molecule has 1 atom stereocenters. The van der Waals surface area contributed by atoms with E-state index in [2.05, 4.69) is 17.2 Å². The molecular weight excluding hydrogens is 478 g/mol. The van der Waals surface area contributed by atoms with Crippen LogP contribution in [-0.2, 0) is 20.6 Å². The Balaban J connectivity index is 1.41. The maximum absolute atomic E-state index is 12.7. The van der Waals surface area contributed by atoms with Crippen LogP contribution in [0.1, 0.15) is 129 Å². The van der Waals surface area contributed by atoms with Crippen LogP contribution in [0.5, 0.6) is 0 Å². The summed E-state index contributed by atoms with van der Waals surface area (Å²) in [4.78, 5) is 29.4. The van der Waals surface area contributed by atoms with E-state index in [9.17, 15) is 14.7 Å². The molecule has 0 radical (unpaired) electrons. The number of aryl methyl sites for hydroxylation is 2. The topological polar surface area (TPSA) is 94.1 Å². The Labute approximate surface area is 229 Å². The Morgan fingerprint density at radius 1 is 0.789 bits per heavy atom. The number of imidazole rings is 1. The van der Waals surface area contributed by atoms with Crippen LogP contribution in [0.2, 0.25) is 0 Å². The molecule has 0 saturated carbocycles. The lowest BCUT2D eigenvalue weighted by Crippen LogP contribution is -2.39.